The molecule has 5 nitrogen and oxygen atoms in total. The molecule has 126 valence electrons. The van der Waals surface area contributed by atoms with Crippen molar-refractivity contribution in [2.45, 2.75) is 38.6 Å². The van der Waals surface area contributed by atoms with E-state index >= 15 is 0 Å². The molecule has 0 bridgehead atoms. The molecule has 23 heavy (non-hydrogen) atoms. The number of halogens is 1. The van der Waals surface area contributed by atoms with E-state index in [1.165, 1.54) is 0 Å². The fraction of sp³-hybridized carbons (Fsp3) is 0.529. The van der Waals surface area contributed by atoms with E-state index in [9.17, 15) is 9.59 Å². The molecule has 0 saturated carbocycles. The molecule has 0 spiro atoms. The van der Waals surface area contributed by atoms with Crippen LogP contribution in [0, 0.1) is 0 Å². The molecule has 1 aliphatic rings. The van der Waals surface area contributed by atoms with Gasteiger partial charge < -0.3 is 14.9 Å². The van der Waals surface area contributed by atoms with Crippen molar-refractivity contribution in [3.63, 3.8) is 0 Å². The maximum absolute atomic E-state index is 12.5. The number of anilines is 1. The zero-order valence-corrected chi connectivity index (χ0v) is 14.1. The molecule has 2 amide bonds. The van der Waals surface area contributed by atoms with Crippen molar-refractivity contribution in [1.82, 2.24) is 4.90 Å². The summed E-state index contributed by atoms with van der Waals surface area (Å²) in [5.74, 6) is -0.279. The summed E-state index contributed by atoms with van der Waals surface area (Å²) in [5, 5.41) is 9.58. The number of hydrogen-bond donors (Lipinski definition) is 1. The summed E-state index contributed by atoms with van der Waals surface area (Å²) in [5.41, 5.74) is 0.762. The van der Waals surface area contributed by atoms with E-state index in [1.54, 1.807) is 21.9 Å². The summed E-state index contributed by atoms with van der Waals surface area (Å²) in [6.45, 7) is 2.43. The van der Waals surface area contributed by atoms with Gasteiger partial charge in [-0.15, -0.1) is 0 Å². The van der Waals surface area contributed by atoms with Crippen LogP contribution in [0.5, 0.6) is 0 Å². The Morgan fingerprint density at radius 2 is 2.22 bits per heavy atom. The predicted molar refractivity (Wildman–Crippen MR) is 90.5 cm³/mol. The third-order valence-electron chi connectivity index (χ3n) is 4.10. The molecular weight excluding hydrogens is 316 g/mol. The molecule has 1 N–H and O–H groups in total. The molecule has 0 radical (unpaired) electrons. The first kappa shape index (κ1) is 17.8. The van der Waals surface area contributed by atoms with Crippen molar-refractivity contribution in [2.75, 3.05) is 24.6 Å². The van der Waals surface area contributed by atoms with Crippen LogP contribution in [0.25, 0.3) is 0 Å². The second-order valence-electron chi connectivity index (χ2n) is 5.78. The zero-order valence-electron chi connectivity index (χ0n) is 13.4. The third-order valence-corrected chi connectivity index (χ3v) is 4.33. The van der Waals surface area contributed by atoms with Crippen LogP contribution in [0.15, 0.2) is 24.3 Å². The summed E-state index contributed by atoms with van der Waals surface area (Å²) in [4.78, 5) is 28.0. The second-order valence-corrected chi connectivity index (χ2v) is 6.21. The number of aliphatic hydroxyl groups is 1. The van der Waals surface area contributed by atoms with Gasteiger partial charge in [0.05, 0.1) is 12.6 Å². The van der Waals surface area contributed by atoms with Crippen molar-refractivity contribution in [2.24, 2.45) is 0 Å². The molecule has 0 unspecified atom stereocenters. The molecular formula is C17H23ClN2O3. The topological polar surface area (TPSA) is 60.9 Å². The largest absolute Gasteiger partial charge is 0.396 e. The third kappa shape index (κ3) is 4.45. The lowest BCUT2D eigenvalue weighted by Gasteiger charge is -2.41. The van der Waals surface area contributed by atoms with Crippen LogP contribution in [0.4, 0.5) is 5.69 Å². The second kappa shape index (κ2) is 8.31. The van der Waals surface area contributed by atoms with E-state index in [2.05, 4.69) is 6.92 Å². The van der Waals surface area contributed by atoms with E-state index in [-0.39, 0.29) is 37.4 Å². The highest BCUT2D eigenvalue weighted by Crippen LogP contribution is 2.25. The van der Waals surface area contributed by atoms with Gasteiger partial charge in [0.1, 0.15) is 6.54 Å². The number of benzene rings is 1. The molecule has 2 rings (SSSR count). The highest BCUT2D eigenvalue weighted by molar-refractivity contribution is 6.30. The van der Waals surface area contributed by atoms with Crippen molar-refractivity contribution >= 4 is 29.1 Å². The van der Waals surface area contributed by atoms with Gasteiger partial charge in [-0.25, -0.2) is 0 Å². The van der Waals surface area contributed by atoms with Crippen LogP contribution in [0.1, 0.15) is 32.6 Å². The maximum atomic E-state index is 12.5. The van der Waals surface area contributed by atoms with Crippen molar-refractivity contribution in [1.29, 1.82) is 0 Å². The first-order chi connectivity index (χ1) is 11.1. The van der Waals surface area contributed by atoms with Gasteiger partial charge in [-0.2, -0.15) is 0 Å². The number of aliphatic hydroxyl groups excluding tert-OH is 1. The lowest BCUT2D eigenvalue weighted by molar-refractivity contribution is -0.140. The highest BCUT2D eigenvalue weighted by atomic mass is 35.5. The maximum Gasteiger partial charge on any atom is 0.246 e. The standard InChI is InChI=1S/C17H23ClN2O3/c1-2-3-6-15-11-19(14-7-4-5-13(18)10-14)17(23)12-20(15)16(22)8-9-21/h4-5,7,10,15,21H,2-3,6,8-9,11-12H2,1H3/t15-/m0/s1. The Kier molecular flexibility index (Phi) is 6.42. The predicted octanol–water partition coefficient (Wildman–Crippen LogP) is 2.46. The van der Waals surface area contributed by atoms with Gasteiger partial charge in [0.25, 0.3) is 0 Å². The Morgan fingerprint density at radius 1 is 1.43 bits per heavy atom. The monoisotopic (exact) mass is 338 g/mol. The number of amides is 2. The van der Waals surface area contributed by atoms with E-state index in [4.69, 9.17) is 16.7 Å². The van der Waals surface area contributed by atoms with Crippen LogP contribution in [0.3, 0.4) is 0 Å². The number of carbonyl (C=O) groups is 2. The number of unbranched alkanes of at least 4 members (excludes halogenated alkanes) is 1. The van der Waals surface area contributed by atoms with Crippen LogP contribution in [0.2, 0.25) is 5.02 Å². The van der Waals surface area contributed by atoms with Gasteiger partial charge >= 0.3 is 0 Å². The number of nitrogens with zero attached hydrogens (tertiary/aromatic N) is 2. The fourth-order valence-electron chi connectivity index (χ4n) is 2.88. The molecule has 1 heterocycles. The van der Waals surface area contributed by atoms with Crippen molar-refractivity contribution < 1.29 is 14.7 Å². The van der Waals surface area contributed by atoms with Gasteiger partial charge in [-0.05, 0) is 24.6 Å². The highest BCUT2D eigenvalue weighted by Gasteiger charge is 2.34. The van der Waals surface area contributed by atoms with E-state index in [0.29, 0.717) is 11.6 Å². The molecule has 1 aromatic rings. The normalized spacial score (nSPS) is 18.4. The summed E-state index contributed by atoms with van der Waals surface area (Å²) >= 11 is 6.02. The SMILES string of the molecule is CCCC[C@H]1CN(c2cccc(Cl)c2)C(=O)CN1C(=O)CCO. The Bertz CT molecular complexity index is 565. The zero-order chi connectivity index (χ0) is 16.8. The Hall–Kier alpha value is -1.59. The van der Waals surface area contributed by atoms with Crippen LogP contribution >= 0.6 is 11.6 Å². The molecule has 1 fully saturated rings. The van der Waals surface area contributed by atoms with Gasteiger partial charge in [-0.3, -0.25) is 9.59 Å². The molecule has 1 saturated heterocycles. The van der Waals surface area contributed by atoms with Crippen LogP contribution < -0.4 is 4.90 Å². The van der Waals surface area contributed by atoms with E-state index < -0.39 is 0 Å². The minimum atomic E-state index is -0.192. The van der Waals surface area contributed by atoms with Crippen LogP contribution in [-0.4, -0.2) is 47.6 Å². The molecule has 1 aliphatic heterocycles. The number of carbonyl (C=O) groups excluding carboxylic acids is 2. The molecule has 1 aromatic carbocycles. The first-order valence-corrected chi connectivity index (χ1v) is 8.40. The van der Waals surface area contributed by atoms with Gasteiger partial charge in [0.2, 0.25) is 11.8 Å². The lowest BCUT2D eigenvalue weighted by atomic mass is 10.0. The van der Waals surface area contributed by atoms with Gasteiger partial charge in [-0.1, -0.05) is 37.4 Å². The van der Waals surface area contributed by atoms with Crippen molar-refractivity contribution in [3.05, 3.63) is 29.3 Å². The molecule has 0 aliphatic carbocycles. The Morgan fingerprint density at radius 3 is 2.87 bits per heavy atom. The average molecular weight is 339 g/mol. The minimum Gasteiger partial charge on any atom is -0.396 e. The minimum absolute atomic E-state index is 0.0225. The summed E-state index contributed by atoms with van der Waals surface area (Å²) < 4.78 is 0. The Balaban J connectivity index is 2.19. The van der Waals surface area contributed by atoms with Gasteiger partial charge in [0.15, 0.2) is 0 Å². The van der Waals surface area contributed by atoms with Crippen LogP contribution in [-0.2, 0) is 9.59 Å². The number of piperazine rings is 1. The average Bonchev–Trinajstić information content (AvgIpc) is 2.53. The summed E-state index contributed by atoms with van der Waals surface area (Å²) in [6.07, 6.45) is 2.93. The number of rotatable bonds is 6. The van der Waals surface area contributed by atoms with Gasteiger partial charge in [0, 0.05) is 23.7 Å². The quantitative estimate of drug-likeness (QED) is 0.866. The molecule has 6 heteroatoms. The van der Waals surface area contributed by atoms with E-state index in [1.807, 2.05) is 12.1 Å². The Labute approximate surface area is 141 Å². The van der Waals surface area contributed by atoms with Crippen molar-refractivity contribution in [3.8, 4) is 0 Å². The fourth-order valence-corrected chi connectivity index (χ4v) is 3.07. The lowest BCUT2D eigenvalue weighted by Crippen LogP contribution is -2.58. The molecule has 0 aromatic heterocycles. The smallest absolute Gasteiger partial charge is 0.246 e. The first-order valence-electron chi connectivity index (χ1n) is 8.03. The summed E-state index contributed by atoms with van der Waals surface area (Å²) in [6, 6.07) is 7.18. The number of hydrogen-bond acceptors (Lipinski definition) is 3. The van der Waals surface area contributed by atoms with E-state index in [0.717, 1.165) is 24.9 Å². The summed E-state index contributed by atoms with van der Waals surface area (Å²) in [7, 11) is 0. The molecule has 1 atom stereocenters.